The highest BCUT2D eigenvalue weighted by Crippen LogP contribution is 2.32. The van der Waals surface area contributed by atoms with Crippen LogP contribution in [-0.4, -0.2) is 42.0 Å². The van der Waals surface area contributed by atoms with Crippen molar-refractivity contribution in [3.63, 3.8) is 0 Å². The zero-order chi connectivity index (χ0) is 20.9. The number of methoxy groups -OCH3 is 1. The number of hydrogen-bond donors (Lipinski definition) is 0. The largest absolute Gasteiger partial charge is 0.468 e. The molecule has 6 nitrogen and oxygen atoms in total. The molecule has 1 aliphatic heterocycles. The van der Waals surface area contributed by atoms with Gasteiger partial charge in [-0.25, -0.2) is 9.78 Å². The lowest BCUT2D eigenvalue weighted by molar-refractivity contribution is 0.0598. The molecule has 1 amide bonds. The molecule has 2 aromatic heterocycles. The quantitative estimate of drug-likeness (QED) is 0.402. The number of amides is 1. The number of furan rings is 1. The number of benzene rings is 1. The molecular formula is C22H22N2O4S2. The van der Waals surface area contributed by atoms with E-state index in [0.29, 0.717) is 35.1 Å². The average molecular weight is 443 g/mol. The average Bonchev–Trinajstić information content (AvgIpc) is 3.49. The molecule has 1 unspecified atom stereocenters. The smallest absolute Gasteiger partial charge is 0.341 e. The van der Waals surface area contributed by atoms with Gasteiger partial charge in [0, 0.05) is 35.5 Å². The first-order valence-corrected chi connectivity index (χ1v) is 11.6. The van der Waals surface area contributed by atoms with Gasteiger partial charge in [-0.2, -0.15) is 0 Å². The molecule has 1 aliphatic rings. The third kappa shape index (κ3) is 4.44. The van der Waals surface area contributed by atoms with Crippen molar-refractivity contribution in [2.45, 2.75) is 29.4 Å². The van der Waals surface area contributed by atoms with Gasteiger partial charge in [-0.3, -0.25) is 4.79 Å². The zero-order valence-corrected chi connectivity index (χ0v) is 18.2. The molecule has 0 N–H and O–H groups in total. The Morgan fingerprint density at radius 1 is 1.30 bits per heavy atom. The summed E-state index contributed by atoms with van der Waals surface area (Å²) in [5.74, 6) is 0.880. The second kappa shape index (κ2) is 9.49. The Hall–Kier alpha value is -2.58. The Labute approximate surface area is 183 Å². The number of esters is 1. The van der Waals surface area contributed by atoms with Crippen molar-refractivity contribution in [2.75, 3.05) is 20.2 Å². The molecule has 0 spiro atoms. The molecule has 1 fully saturated rings. The summed E-state index contributed by atoms with van der Waals surface area (Å²) in [6.45, 7) is 1.44. The summed E-state index contributed by atoms with van der Waals surface area (Å²) in [7, 11) is 1.35. The highest BCUT2D eigenvalue weighted by Gasteiger charge is 2.28. The van der Waals surface area contributed by atoms with E-state index >= 15 is 0 Å². The minimum absolute atomic E-state index is 0.0343. The van der Waals surface area contributed by atoms with E-state index in [2.05, 4.69) is 4.98 Å². The van der Waals surface area contributed by atoms with Gasteiger partial charge < -0.3 is 14.1 Å². The summed E-state index contributed by atoms with van der Waals surface area (Å²) in [6.07, 6.45) is 5.33. The zero-order valence-electron chi connectivity index (χ0n) is 16.6. The normalized spacial score (nSPS) is 16.4. The van der Waals surface area contributed by atoms with Crippen LogP contribution in [0.25, 0.3) is 0 Å². The Morgan fingerprint density at radius 3 is 2.97 bits per heavy atom. The van der Waals surface area contributed by atoms with Crippen molar-refractivity contribution < 1.29 is 18.7 Å². The maximum absolute atomic E-state index is 13.3. The van der Waals surface area contributed by atoms with Crippen molar-refractivity contribution in [1.82, 2.24) is 9.88 Å². The van der Waals surface area contributed by atoms with Gasteiger partial charge in [0.15, 0.2) is 0 Å². The number of carbonyl (C=O) groups is 2. The van der Waals surface area contributed by atoms with Gasteiger partial charge in [0.1, 0.15) is 11.3 Å². The number of aromatic nitrogens is 1. The second-order valence-corrected chi connectivity index (χ2v) is 8.94. The van der Waals surface area contributed by atoms with Crippen molar-refractivity contribution in [1.29, 1.82) is 0 Å². The molecular weight excluding hydrogens is 420 g/mol. The van der Waals surface area contributed by atoms with Crippen molar-refractivity contribution in [2.24, 2.45) is 0 Å². The Kier molecular flexibility index (Phi) is 6.54. The van der Waals surface area contributed by atoms with Crippen LogP contribution in [0, 0.1) is 0 Å². The topological polar surface area (TPSA) is 72.6 Å². The summed E-state index contributed by atoms with van der Waals surface area (Å²) >= 11 is 3.13. The molecule has 156 valence electrons. The molecule has 0 saturated carbocycles. The summed E-state index contributed by atoms with van der Waals surface area (Å²) < 4.78 is 10.3. The molecule has 0 radical (unpaired) electrons. The van der Waals surface area contributed by atoms with Crippen LogP contribution in [0.5, 0.6) is 0 Å². The van der Waals surface area contributed by atoms with E-state index in [1.807, 2.05) is 40.7 Å². The number of thiazole rings is 1. The maximum Gasteiger partial charge on any atom is 0.341 e. The van der Waals surface area contributed by atoms with Crippen LogP contribution in [0.15, 0.2) is 57.5 Å². The first-order chi connectivity index (χ1) is 14.7. The van der Waals surface area contributed by atoms with Crippen LogP contribution >= 0.6 is 23.1 Å². The molecule has 1 atom stereocenters. The molecule has 0 bridgehead atoms. The molecule has 4 rings (SSSR count). The molecule has 8 heteroatoms. The number of hydrogen-bond acceptors (Lipinski definition) is 7. The monoisotopic (exact) mass is 442 g/mol. The van der Waals surface area contributed by atoms with Gasteiger partial charge in [-0.1, -0.05) is 12.1 Å². The Balaban J connectivity index is 1.48. The van der Waals surface area contributed by atoms with Crippen LogP contribution in [0.1, 0.15) is 50.2 Å². The van der Waals surface area contributed by atoms with Gasteiger partial charge in [0.2, 0.25) is 0 Å². The molecule has 3 heterocycles. The lowest BCUT2D eigenvalue weighted by Crippen LogP contribution is -2.39. The van der Waals surface area contributed by atoms with Gasteiger partial charge in [0.05, 0.1) is 29.7 Å². The fourth-order valence-electron chi connectivity index (χ4n) is 3.63. The minimum Gasteiger partial charge on any atom is -0.468 e. The fourth-order valence-corrected chi connectivity index (χ4v) is 5.39. The van der Waals surface area contributed by atoms with Gasteiger partial charge in [-0.15, -0.1) is 23.1 Å². The number of rotatable bonds is 6. The summed E-state index contributed by atoms with van der Waals surface area (Å²) in [5.41, 5.74) is 1.09. The van der Waals surface area contributed by atoms with E-state index in [-0.39, 0.29) is 5.91 Å². The third-order valence-corrected chi connectivity index (χ3v) is 7.15. The highest BCUT2D eigenvalue weighted by molar-refractivity contribution is 7.98. The summed E-state index contributed by atoms with van der Waals surface area (Å²) in [5, 5.41) is 3.09. The van der Waals surface area contributed by atoms with Gasteiger partial charge in [-0.05, 0) is 31.0 Å². The summed E-state index contributed by atoms with van der Waals surface area (Å²) in [4.78, 5) is 32.4. The summed E-state index contributed by atoms with van der Waals surface area (Å²) in [6, 6.07) is 9.19. The Bertz CT molecular complexity index is 1020. The van der Waals surface area contributed by atoms with Crippen LogP contribution in [0.3, 0.4) is 0 Å². The second-order valence-electron chi connectivity index (χ2n) is 6.99. The third-order valence-electron chi connectivity index (χ3n) is 5.14. The fraction of sp³-hybridized carbons (Fsp3) is 0.318. The van der Waals surface area contributed by atoms with E-state index in [9.17, 15) is 9.59 Å². The first-order valence-electron chi connectivity index (χ1n) is 9.72. The van der Waals surface area contributed by atoms with Crippen molar-refractivity contribution in [3.05, 3.63) is 70.1 Å². The van der Waals surface area contributed by atoms with Crippen LogP contribution < -0.4 is 0 Å². The SMILES string of the molecule is COC(=O)c1ccoc1CSc1ccccc1C(=O)N1CCCC(c2nccs2)C1. The molecule has 0 aliphatic carbocycles. The van der Waals surface area contributed by atoms with E-state index < -0.39 is 5.97 Å². The maximum atomic E-state index is 13.3. The van der Waals surface area contributed by atoms with Crippen LogP contribution in [0.2, 0.25) is 0 Å². The van der Waals surface area contributed by atoms with Gasteiger partial charge >= 0.3 is 5.97 Å². The van der Waals surface area contributed by atoms with E-state index in [1.165, 1.54) is 25.1 Å². The molecule has 3 aromatic rings. The standard InChI is InChI=1S/C22H22N2O4S2/c1-27-22(26)16-8-11-28-18(16)14-30-19-7-3-2-6-17(19)21(25)24-10-4-5-15(13-24)20-23-9-12-29-20/h2-3,6-9,11-12,15H,4-5,10,13-14H2,1H3. The van der Waals surface area contributed by atoms with E-state index in [1.54, 1.807) is 17.4 Å². The molecule has 1 saturated heterocycles. The van der Waals surface area contributed by atoms with Crippen molar-refractivity contribution in [3.8, 4) is 0 Å². The lowest BCUT2D eigenvalue weighted by Gasteiger charge is -2.32. The number of carbonyl (C=O) groups excluding carboxylic acids is 2. The highest BCUT2D eigenvalue weighted by atomic mass is 32.2. The minimum atomic E-state index is -0.426. The molecule has 30 heavy (non-hydrogen) atoms. The number of ether oxygens (including phenoxy) is 1. The number of piperidine rings is 1. The number of nitrogens with zero attached hydrogens (tertiary/aromatic N) is 2. The van der Waals surface area contributed by atoms with E-state index in [0.717, 1.165) is 29.3 Å². The first kappa shape index (κ1) is 20.7. The lowest BCUT2D eigenvalue weighted by atomic mass is 9.98. The molecule has 1 aromatic carbocycles. The van der Waals surface area contributed by atoms with Gasteiger partial charge in [0.25, 0.3) is 5.91 Å². The van der Waals surface area contributed by atoms with Crippen LogP contribution in [0.4, 0.5) is 0 Å². The van der Waals surface area contributed by atoms with E-state index in [4.69, 9.17) is 9.15 Å². The number of thioether (sulfide) groups is 1. The van der Waals surface area contributed by atoms with Crippen molar-refractivity contribution >= 4 is 35.0 Å². The van der Waals surface area contributed by atoms with Crippen LogP contribution in [-0.2, 0) is 10.5 Å². The Morgan fingerprint density at radius 2 is 2.17 bits per heavy atom. The predicted molar refractivity (Wildman–Crippen MR) is 116 cm³/mol. The number of likely N-dealkylation sites (tertiary alicyclic amines) is 1. The predicted octanol–water partition coefficient (Wildman–Crippen LogP) is 4.83.